The van der Waals surface area contributed by atoms with Gasteiger partial charge in [-0.2, -0.15) is 0 Å². The minimum Gasteiger partial charge on any atom is -0.300 e. The molecule has 1 aromatic rings. The summed E-state index contributed by atoms with van der Waals surface area (Å²) in [5.41, 5.74) is 0.810. The first-order valence-corrected chi connectivity index (χ1v) is 8.09. The summed E-state index contributed by atoms with van der Waals surface area (Å²) in [5.74, 6) is 1.14. The molecule has 0 bridgehead atoms. The highest BCUT2D eigenvalue weighted by Gasteiger charge is 2.30. The zero-order chi connectivity index (χ0) is 14.8. The zero-order valence-corrected chi connectivity index (χ0v) is 12.3. The fourth-order valence-corrected chi connectivity index (χ4v) is 4.17. The molecule has 0 unspecified atom stereocenters. The van der Waals surface area contributed by atoms with Crippen molar-refractivity contribution in [2.45, 2.75) is 57.3 Å². The lowest BCUT2D eigenvalue weighted by molar-refractivity contribution is -0.121. The second-order valence-corrected chi connectivity index (χ2v) is 6.69. The van der Waals surface area contributed by atoms with Gasteiger partial charge in [0.2, 0.25) is 0 Å². The van der Waals surface area contributed by atoms with Crippen molar-refractivity contribution in [2.75, 3.05) is 0 Å². The summed E-state index contributed by atoms with van der Waals surface area (Å²) >= 11 is 0. The molecule has 3 rings (SSSR count). The van der Waals surface area contributed by atoms with E-state index in [4.69, 9.17) is 0 Å². The van der Waals surface area contributed by atoms with Crippen molar-refractivity contribution < 1.29 is 13.6 Å². The van der Waals surface area contributed by atoms with E-state index in [1.165, 1.54) is 12.1 Å². The van der Waals surface area contributed by atoms with Crippen molar-refractivity contribution in [2.24, 2.45) is 11.8 Å². The van der Waals surface area contributed by atoms with Crippen molar-refractivity contribution in [1.29, 1.82) is 0 Å². The van der Waals surface area contributed by atoms with Crippen LogP contribution in [0.25, 0.3) is 0 Å². The van der Waals surface area contributed by atoms with Crippen LogP contribution in [0.4, 0.5) is 8.78 Å². The molecule has 0 amide bonds. The highest BCUT2D eigenvalue weighted by molar-refractivity contribution is 5.79. The summed E-state index contributed by atoms with van der Waals surface area (Å²) in [6, 6.07) is 3.90. The van der Waals surface area contributed by atoms with Gasteiger partial charge in [0.1, 0.15) is 17.4 Å². The van der Waals surface area contributed by atoms with E-state index < -0.39 is 11.6 Å². The van der Waals surface area contributed by atoms with Gasteiger partial charge in [-0.1, -0.05) is 0 Å². The molecule has 0 N–H and O–H groups in total. The summed E-state index contributed by atoms with van der Waals surface area (Å²) in [7, 11) is 0. The predicted octanol–water partition coefficient (Wildman–Crippen LogP) is 5.00. The van der Waals surface area contributed by atoms with Gasteiger partial charge in [0, 0.05) is 18.9 Å². The van der Waals surface area contributed by atoms with Crippen LogP contribution < -0.4 is 0 Å². The average molecular weight is 292 g/mol. The monoisotopic (exact) mass is 292 g/mol. The van der Waals surface area contributed by atoms with E-state index >= 15 is 0 Å². The molecule has 0 radical (unpaired) electrons. The number of halogens is 2. The molecule has 114 valence electrons. The van der Waals surface area contributed by atoms with Crippen molar-refractivity contribution in [1.82, 2.24) is 0 Å². The third-order valence-electron chi connectivity index (χ3n) is 5.38. The van der Waals surface area contributed by atoms with Crippen LogP contribution in [0.1, 0.15) is 62.8 Å². The zero-order valence-electron chi connectivity index (χ0n) is 12.3. The molecule has 2 aliphatic carbocycles. The predicted molar refractivity (Wildman–Crippen MR) is 78.0 cm³/mol. The molecule has 1 aromatic carbocycles. The number of carbonyl (C=O) groups excluding carboxylic acids is 1. The van der Waals surface area contributed by atoms with Crippen molar-refractivity contribution >= 4 is 5.78 Å². The molecule has 0 saturated heterocycles. The maximum atomic E-state index is 13.3. The van der Waals surface area contributed by atoms with E-state index in [0.717, 1.165) is 63.0 Å². The Bertz CT molecular complexity index is 488. The van der Waals surface area contributed by atoms with Gasteiger partial charge in [-0.25, -0.2) is 8.78 Å². The third-order valence-corrected chi connectivity index (χ3v) is 5.38. The third kappa shape index (κ3) is 3.50. The van der Waals surface area contributed by atoms with Crippen molar-refractivity contribution in [3.8, 4) is 0 Å². The van der Waals surface area contributed by atoms with Crippen LogP contribution in [-0.4, -0.2) is 5.78 Å². The molecule has 0 spiro atoms. The normalized spacial score (nSPS) is 27.8. The number of carbonyl (C=O) groups is 1. The number of hydrogen-bond acceptors (Lipinski definition) is 1. The lowest BCUT2D eigenvalue weighted by atomic mass is 9.70. The second kappa shape index (κ2) is 6.25. The molecule has 21 heavy (non-hydrogen) atoms. The standard InChI is InChI=1S/C18H22F2O/c19-16-9-15(10-17(20)11-16)14-3-1-12(2-4-14)13-5-7-18(21)8-6-13/h9-14H,1-8H2. The quantitative estimate of drug-likeness (QED) is 0.750. The maximum Gasteiger partial charge on any atom is 0.132 e. The Labute approximate surface area is 124 Å². The van der Waals surface area contributed by atoms with Gasteiger partial charge in [-0.3, -0.25) is 4.79 Å². The van der Waals surface area contributed by atoms with E-state index in [0.29, 0.717) is 17.6 Å². The SMILES string of the molecule is O=C1CCC(C2CCC(c3cc(F)cc(F)c3)CC2)CC1. The highest BCUT2D eigenvalue weighted by atomic mass is 19.1. The summed E-state index contributed by atoms with van der Waals surface area (Å²) in [6.07, 6.45) is 7.87. The minimum absolute atomic E-state index is 0.289. The molecule has 1 nitrogen and oxygen atoms in total. The Morgan fingerprint density at radius 3 is 1.86 bits per heavy atom. The number of benzene rings is 1. The van der Waals surface area contributed by atoms with Crippen LogP contribution in [0.2, 0.25) is 0 Å². The lowest BCUT2D eigenvalue weighted by Gasteiger charge is -2.35. The molecule has 0 aromatic heterocycles. The first-order chi connectivity index (χ1) is 10.1. The number of hydrogen-bond donors (Lipinski definition) is 0. The topological polar surface area (TPSA) is 17.1 Å². The minimum atomic E-state index is -0.474. The largest absolute Gasteiger partial charge is 0.300 e. The molecule has 0 aliphatic heterocycles. The van der Waals surface area contributed by atoms with Crippen LogP contribution in [0.15, 0.2) is 18.2 Å². The molecule has 0 heterocycles. The van der Waals surface area contributed by atoms with E-state index in [-0.39, 0.29) is 5.92 Å². The van der Waals surface area contributed by atoms with E-state index in [1.807, 2.05) is 0 Å². The maximum absolute atomic E-state index is 13.3. The summed E-state index contributed by atoms with van der Waals surface area (Å²) in [6.45, 7) is 0. The fourth-order valence-electron chi connectivity index (χ4n) is 4.17. The van der Waals surface area contributed by atoms with Crippen LogP contribution in [0, 0.1) is 23.5 Å². The average Bonchev–Trinajstić information content (AvgIpc) is 2.47. The van der Waals surface area contributed by atoms with E-state index in [1.54, 1.807) is 0 Å². The molecule has 2 fully saturated rings. The summed E-state index contributed by atoms with van der Waals surface area (Å²) < 4.78 is 26.6. The van der Waals surface area contributed by atoms with Gasteiger partial charge in [0.05, 0.1) is 0 Å². The second-order valence-electron chi connectivity index (χ2n) is 6.69. The Kier molecular flexibility index (Phi) is 4.37. The smallest absolute Gasteiger partial charge is 0.132 e. The first kappa shape index (κ1) is 14.7. The number of Topliss-reactive ketones (excluding diaryl/α,β-unsaturated/α-hetero) is 1. The Balaban J connectivity index is 1.58. The summed E-state index contributed by atoms with van der Waals surface area (Å²) in [5, 5.41) is 0. The van der Waals surface area contributed by atoms with Crippen LogP contribution >= 0.6 is 0 Å². The van der Waals surface area contributed by atoms with Gasteiger partial charge >= 0.3 is 0 Å². The van der Waals surface area contributed by atoms with Gasteiger partial charge in [0.15, 0.2) is 0 Å². The van der Waals surface area contributed by atoms with Crippen molar-refractivity contribution in [3.63, 3.8) is 0 Å². The number of rotatable bonds is 2. The molecule has 3 heteroatoms. The first-order valence-electron chi connectivity index (χ1n) is 8.09. The lowest BCUT2D eigenvalue weighted by Crippen LogP contribution is -2.25. The molecule has 2 saturated carbocycles. The Morgan fingerprint density at radius 2 is 1.29 bits per heavy atom. The van der Waals surface area contributed by atoms with Crippen LogP contribution in [0.3, 0.4) is 0 Å². The van der Waals surface area contributed by atoms with Crippen LogP contribution in [-0.2, 0) is 4.79 Å². The van der Waals surface area contributed by atoms with Gasteiger partial charge in [-0.05, 0) is 74.0 Å². The Morgan fingerprint density at radius 1 is 0.762 bits per heavy atom. The number of ketones is 1. The van der Waals surface area contributed by atoms with Gasteiger partial charge in [0.25, 0.3) is 0 Å². The van der Waals surface area contributed by atoms with E-state index in [2.05, 4.69) is 0 Å². The summed E-state index contributed by atoms with van der Waals surface area (Å²) in [4.78, 5) is 11.3. The fraction of sp³-hybridized carbons (Fsp3) is 0.611. The Hall–Kier alpha value is -1.25. The molecule has 0 atom stereocenters. The molecular weight excluding hydrogens is 270 g/mol. The molecule has 2 aliphatic rings. The van der Waals surface area contributed by atoms with Gasteiger partial charge < -0.3 is 0 Å². The van der Waals surface area contributed by atoms with Gasteiger partial charge in [-0.15, -0.1) is 0 Å². The molecular formula is C18H22F2O. The van der Waals surface area contributed by atoms with Crippen LogP contribution in [0.5, 0.6) is 0 Å². The van der Waals surface area contributed by atoms with Crippen molar-refractivity contribution in [3.05, 3.63) is 35.4 Å². The van der Waals surface area contributed by atoms with E-state index in [9.17, 15) is 13.6 Å². The highest BCUT2D eigenvalue weighted by Crippen LogP contribution is 2.42.